The van der Waals surface area contributed by atoms with E-state index >= 15 is 0 Å². The Morgan fingerprint density at radius 1 is 1.05 bits per heavy atom. The molecular weight excluding hydrogens is 554 g/mol. The minimum absolute atomic E-state index is 0.0199. The van der Waals surface area contributed by atoms with Crippen LogP contribution in [0.1, 0.15) is 40.7 Å². The number of ether oxygens (including phenoxy) is 3. The van der Waals surface area contributed by atoms with E-state index in [1.807, 2.05) is 0 Å². The van der Waals surface area contributed by atoms with Crippen LogP contribution in [0.2, 0.25) is 5.02 Å². The molecule has 12 heteroatoms. The molecule has 0 amide bonds. The summed E-state index contributed by atoms with van der Waals surface area (Å²) in [7, 11) is 5.66. The molecule has 6 rings (SSSR count). The number of nitrogens with zero attached hydrogens (tertiary/aromatic N) is 2. The smallest absolute Gasteiger partial charge is 0.332 e. The number of phenolic OH excluding ortho intramolecular Hbond substituents is 1. The molecule has 0 saturated heterocycles. The van der Waals surface area contributed by atoms with Crippen molar-refractivity contribution in [3.8, 4) is 23.0 Å². The number of anilines is 1. The normalized spacial score (nSPS) is 22.6. The zero-order chi connectivity index (χ0) is 29.5. The highest BCUT2D eigenvalue weighted by Gasteiger charge is 2.63. The number of allylic oxidation sites excluding steroid dienone is 1. The summed E-state index contributed by atoms with van der Waals surface area (Å²) >= 11 is 6.57. The van der Waals surface area contributed by atoms with Crippen molar-refractivity contribution in [1.29, 1.82) is 0 Å². The molecule has 2 aliphatic heterocycles. The molecule has 0 radical (unpaired) electrons. The van der Waals surface area contributed by atoms with Crippen LogP contribution in [0.5, 0.6) is 23.0 Å². The minimum atomic E-state index is -2.01. The highest BCUT2D eigenvalue weighted by molar-refractivity contribution is 6.36. The van der Waals surface area contributed by atoms with E-state index in [2.05, 4.69) is 5.32 Å². The Hall–Kier alpha value is -4.51. The van der Waals surface area contributed by atoms with Crippen LogP contribution >= 0.6 is 11.6 Å². The molecule has 1 aromatic heterocycles. The topological polar surface area (TPSA) is 138 Å². The Morgan fingerprint density at radius 3 is 2.41 bits per heavy atom. The number of Topliss-reactive ketones (excluding diaryl/α,β-unsaturated/α-hetero) is 2. The predicted molar refractivity (Wildman–Crippen MR) is 149 cm³/mol. The van der Waals surface area contributed by atoms with E-state index in [1.165, 1.54) is 51.1 Å². The fourth-order valence-electron chi connectivity index (χ4n) is 6.23. The van der Waals surface area contributed by atoms with Crippen LogP contribution in [0.25, 0.3) is 0 Å². The van der Waals surface area contributed by atoms with Gasteiger partial charge < -0.3 is 24.6 Å². The summed E-state index contributed by atoms with van der Waals surface area (Å²) in [4.78, 5) is 55.5. The average molecular weight is 580 g/mol. The monoisotopic (exact) mass is 579 g/mol. The molecule has 3 atom stereocenters. The maximum atomic E-state index is 14.8. The van der Waals surface area contributed by atoms with Crippen molar-refractivity contribution in [1.82, 2.24) is 9.13 Å². The van der Waals surface area contributed by atoms with Gasteiger partial charge in [0.2, 0.25) is 17.2 Å². The van der Waals surface area contributed by atoms with E-state index in [4.69, 9.17) is 25.8 Å². The molecule has 1 aliphatic carbocycles. The van der Waals surface area contributed by atoms with Gasteiger partial charge in [-0.15, -0.1) is 0 Å². The number of carbonyl (C=O) groups is 2. The van der Waals surface area contributed by atoms with Crippen LogP contribution < -0.4 is 30.8 Å². The van der Waals surface area contributed by atoms with Gasteiger partial charge in [0.1, 0.15) is 33.7 Å². The summed E-state index contributed by atoms with van der Waals surface area (Å²) in [5, 5.41) is 13.5. The average Bonchev–Trinajstić information content (AvgIpc) is 3.27. The van der Waals surface area contributed by atoms with Gasteiger partial charge >= 0.3 is 5.69 Å². The standard InChI is InChI=1S/C29H26ClN3O8/c1-12-9-15-19(24(35)29(12)25(36)20-16(39-4)11-17(40-5)22(30)23(20)41-29)18(13-7-6-8-14(34)10-13)21-26(31-15)32(2)28(38)33(3)27(21)37/h6-8,10-12,18,31,34H,9H2,1-5H3/t12-,18+,29+/m1/s1. The lowest BCUT2D eigenvalue weighted by atomic mass is 9.66. The van der Waals surface area contributed by atoms with Gasteiger partial charge in [-0.05, 0) is 24.1 Å². The predicted octanol–water partition coefficient (Wildman–Crippen LogP) is 2.89. The van der Waals surface area contributed by atoms with E-state index in [1.54, 1.807) is 19.1 Å². The number of rotatable bonds is 3. The third-order valence-corrected chi connectivity index (χ3v) is 8.64. The molecule has 3 aliphatic rings. The number of fused-ring (bicyclic) bond motifs is 2. The summed E-state index contributed by atoms with van der Waals surface area (Å²) in [6.07, 6.45) is 0.163. The minimum Gasteiger partial charge on any atom is -0.508 e. The van der Waals surface area contributed by atoms with Crippen molar-refractivity contribution in [2.45, 2.75) is 24.9 Å². The Balaban J connectivity index is 1.62. The number of carbonyl (C=O) groups excluding carboxylic acids is 2. The van der Waals surface area contributed by atoms with Gasteiger partial charge in [-0.1, -0.05) is 30.7 Å². The fraction of sp³-hybridized carbons (Fsp3) is 0.310. The van der Waals surface area contributed by atoms with Gasteiger partial charge in [0.25, 0.3) is 5.56 Å². The summed E-state index contributed by atoms with van der Waals surface area (Å²) in [6.45, 7) is 1.71. The number of aromatic nitrogens is 2. The van der Waals surface area contributed by atoms with Crippen molar-refractivity contribution in [2.24, 2.45) is 20.0 Å². The van der Waals surface area contributed by atoms with E-state index in [9.17, 15) is 24.3 Å². The molecule has 2 N–H and O–H groups in total. The second-order valence-corrected chi connectivity index (χ2v) is 10.8. The van der Waals surface area contributed by atoms with E-state index in [-0.39, 0.29) is 57.0 Å². The number of phenols is 1. The van der Waals surface area contributed by atoms with Crippen LogP contribution in [0.15, 0.2) is 51.2 Å². The molecule has 0 bridgehead atoms. The molecule has 0 unspecified atom stereocenters. The zero-order valence-corrected chi connectivity index (χ0v) is 23.6. The van der Waals surface area contributed by atoms with E-state index in [0.717, 1.165) is 4.57 Å². The van der Waals surface area contributed by atoms with Gasteiger partial charge in [-0.2, -0.15) is 0 Å². The number of methoxy groups -OCH3 is 2. The van der Waals surface area contributed by atoms with Gasteiger partial charge in [0.05, 0.1) is 19.8 Å². The van der Waals surface area contributed by atoms with Crippen molar-refractivity contribution < 1.29 is 28.9 Å². The van der Waals surface area contributed by atoms with Gasteiger partial charge in [-0.25, -0.2) is 4.79 Å². The Bertz CT molecular complexity index is 1860. The van der Waals surface area contributed by atoms with Crippen LogP contribution in [-0.2, 0) is 18.9 Å². The number of nitrogens with one attached hydrogen (secondary N) is 1. The number of ketones is 2. The maximum Gasteiger partial charge on any atom is 0.332 e. The fourth-order valence-corrected chi connectivity index (χ4v) is 6.49. The first-order chi connectivity index (χ1) is 19.5. The summed E-state index contributed by atoms with van der Waals surface area (Å²) in [5.41, 5.74) is -2.03. The quantitative estimate of drug-likeness (QED) is 0.448. The Kier molecular flexibility index (Phi) is 5.86. The number of hydrogen-bond donors (Lipinski definition) is 2. The second kappa shape index (κ2) is 9.00. The van der Waals surface area contributed by atoms with Crippen molar-refractivity contribution in [3.05, 3.63) is 84.2 Å². The number of hydrogen-bond acceptors (Lipinski definition) is 9. The summed E-state index contributed by atoms with van der Waals surface area (Å²) < 4.78 is 19.3. The van der Waals surface area contributed by atoms with Crippen LogP contribution in [0.4, 0.5) is 5.82 Å². The lowest BCUT2D eigenvalue weighted by Crippen LogP contribution is -2.58. The van der Waals surface area contributed by atoms with Crippen LogP contribution in [-0.4, -0.2) is 45.6 Å². The third-order valence-electron chi connectivity index (χ3n) is 8.28. The molecule has 2 aromatic carbocycles. The van der Waals surface area contributed by atoms with Gasteiger partial charge in [-0.3, -0.25) is 23.5 Å². The molecule has 3 heterocycles. The molecule has 0 fully saturated rings. The molecule has 212 valence electrons. The molecule has 0 saturated carbocycles. The third kappa shape index (κ3) is 3.38. The molecular formula is C29H26ClN3O8. The maximum absolute atomic E-state index is 14.8. The lowest BCUT2D eigenvalue weighted by Gasteiger charge is -2.42. The van der Waals surface area contributed by atoms with Gasteiger partial charge in [0, 0.05) is 43.3 Å². The van der Waals surface area contributed by atoms with Gasteiger partial charge in [0.15, 0.2) is 5.75 Å². The first-order valence-corrected chi connectivity index (χ1v) is 13.2. The Labute approximate surface area is 238 Å². The van der Waals surface area contributed by atoms with Crippen LogP contribution in [0.3, 0.4) is 0 Å². The SMILES string of the molecule is COc1cc(OC)c2c(c1Cl)O[C@@]1(C(=O)C3=C(C[C@H]1C)Nc1c(c(=O)n(C)c(=O)n1C)[C@H]3c1cccc(O)c1)C2=O. The number of benzene rings is 2. The molecule has 3 aromatic rings. The first-order valence-electron chi connectivity index (χ1n) is 12.8. The highest BCUT2D eigenvalue weighted by atomic mass is 35.5. The molecule has 1 spiro atoms. The van der Waals surface area contributed by atoms with E-state index < -0.39 is 40.3 Å². The highest BCUT2D eigenvalue weighted by Crippen LogP contribution is 2.56. The zero-order valence-electron chi connectivity index (χ0n) is 22.8. The molecule has 41 heavy (non-hydrogen) atoms. The lowest BCUT2D eigenvalue weighted by molar-refractivity contribution is -0.130. The van der Waals surface area contributed by atoms with E-state index in [0.29, 0.717) is 11.3 Å². The largest absolute Gasteiger partial charge is 0.508 e. The van der Waals surface area contributed by atoms with Crippen LogP contribution in [0, 0.1) is 5.92 Å². The number of aromatic hydroxyl groups is 1. The van der Waals surface area contributed by atoms with Crippen molar-refractivity contribution in [3.63, 3.8) is 0 Å². The summed E-state index contributed by atoms with van der Waals surface area (Å²) in [6, 6.07) is 7.64. The van der Waals surface area contributed by atoms with Crippen molar-refractivity contribution >= 4 is 29.0 Å². The number of halogens is 1. The first kappa shape index (κ1) is 26.7. The Morgan fingerprint density at radius 2 is 1.76 bits per heavy atom. The summed E-state index contributed by atoms with van der Waals surface area (Å²) in [5.74, 6) is -2.51. The second-order valence-electron chi connectivity index (χ2n) is 10.4. The molecule has 11 nitrogen and oxygen atoms in total. The van der Waals surface area contributed by atoms with Crippen molar-refractivity contribution in [2.75, 3.05) is 19.5 Å².